The zero-order chi connectivity index (χ0) is 28.5. The van der Waals surface area contributed by atoms with E-state index < -0.39 is 0 Å². The van der Waals surface area contributed by atoms with Crippen LogP contribution < -0.4 is 0 Å². The van der Waals surface area contributed by atoms with Crippen LogP contribution in [0, 0.1) is 0 Å². The largest absolute Gasteiger partial charge is 0.455 e. The average molecular weight is 606 g/mol. The molecule has 6 aromatic carbocycles. The monoisotopic (exact) mass is 604 g/mol. The Bertz CT molecular complexity index is 2310. The Hall–Kier alpha value is -4.14. The number of para-hydroxylation sites is 2. The van der Waals surface area contributed by atoms with Gasteiger partial charge >= 0.3 is 0 Å². The summed E-state index contributed by atoms with van der Waals surface area (Å²) in [4.78, 5) is 0. The number of hydrogen-bond acceptors (Lipinski definition) is 1. The molecule has 7 aromatic rings. The Morgan fingerprint density at radius 1 is 0.476 bits per heavy atom. The molecule has 0 radical (unpaired) electrons. The highest BCUT2D eigenvalue weighted by Crippen LogP contribution is 2.58. The predicted octanol–water partition coefficient (Wildman–Crippen LogP) is 11.8. The molecule has 1 aromatic heterocycles. The van der Waals surface area contributed by atoms with Crippen LogP contribution >= 0.6 is 15.9 Å². The van der Waals surface area contributed by atoms with Crippen molar-refractivity contribution in [1.82, 2.24) is 0 Å². The van der Waals surface area contributed by atoms with Gasteiger partial charge in [0.1, 0.15) is 11.2 Å². The lowest BCUT2D eigenvalue weighted by Crippen LogP contribution is -2.17. The molecule has 0 unspecified atom stereocenters. The highest BCUT2D eigenvalue weighted by molar-refractivity contribution is 9.10. The van der Waals surface area contributed by atoms with Gasteiger partial charge in [-0.05, 0) is 97.2 Å². The maximum Gasteiger partial charge on any atom is 0.143 e. The molecule has 2 aliphatic carbocycles. The summed E-state index contributed by atoms with van der Waals surface area (Å²) >= 11 is 3.73. The van der Waals surface area contributed by atoms with E-state index in [2.05, 4.69) is 141 Å². The maximum atomic E-state index is 6.53. The number of hydrogen-bond donors (Lipinski definition) is 0. The molecule has 0 atom stereocenters. The Labute approximate surface area is 253 Å². The van der Waals surface area contributed by atoms with Crippen LogP contribution in [0.1, 0.15) is 49.9 Å². The van der Waals surface area contributed by atoms with Crippen molar-refractivity contribution in [3.63, 3.8) is 0 Å². The number of benzene rings is 6. The van der Waals surface area contributed by atoms with Crippen LogP contribution in [0.15, 0.2) is 112 Å². The fourth-order valence-corrected chi connectivity index (χ4v) is 8.32. The van der Waals surface area contributed by atoms with Gasteiger partial charge in [0.05, 0.1) is 0 Å². The minimum atomic E-state index is -0.150. The Morgan fingerprint density at radius 2 is 1.10 bits per heavy atom. The molecule has 1 nitrogen and oxygen atoms in total. The van der Waals surface area contributed by atoms with Crippen LogP contribution in [0.25, 0.3) is 66.1 Å². The van der Waals surface area contributed by atoms with Crippen molar-refractivity contribution < 1.29 is 4.42 Å². The van der Waals surface area contributed by atoms with Crippen LogP contribution in [0.5, 0.6) is 0 Å². The summed E-state index contributed by atoms with van der Waals surface area (Å²) in [5.41, 5.74) is 15.1. The lowest BCUT2D eigenvalue weighted by atomic mass is 9.79. The van der Waals surface area contributed by atoms with Crippen molar-refractivity contribution in [3.05, 3.63) is 130 Å². The first-order valence-corrected chi connectivity index (χ1v) is 15.5. The lowest BCUT2D eigenvalue weighted by Gasteiger charge is -2.24. The molecule has 9 rings (SSSR count). The van der Waals surface area contributed by atoms with Crippen molar-refractivity contribution in [2.45, 2.75) is 38.5 Å². The zero-order valence-corrected chi connectivity index (χ0v) is 25.7. The van der Waals surface area contributed by atoms with Crippen molar-refractivity contribution in [3.8, 4) is 33.4 Å². The first kappa shape index (κ1) is 24.5. The van der Waals surface area contributed by atoms with Gasteiger partial charge in [-0.2, -0.15) is 0 Å². The number of rotatable bonds is 1. The smallest absolute Gasteiger partial charge is 0.143 e. The molecule has 0 aliphatic heterocycles. The van der Waals surface area contributed by atoms with Gasteiger partial charge < -0.3 is 4.42 Å². The van der Waals surface area contributed by atoms with E-state index in [-0.39, 0.29) is 10.8 Å². The summed E-state index contributed by atoms with van der Waals surface area (Å²) in [6.07, 6.45) is 0. The Balaban J connectivity index is 1.35. The molecule has 0 saturated carbocycles. The third kappa shape index (κ3) is 2.98. The fraction of sp³-hybridized carbons (Fsp3) is 0.150. The summed E-state index contributed by atoms with van der Waals surface area (Å²) < 4.78 is 7.67. The maximum absolute atomic E-state index is 6.53. The predicted molar refractivity (Wildman–Crippen MR) is 179 cm³/mol. The SMILES string of the molecule is CC1(C)c2cc(Br)ccc2-c2cc3c(cc21)-c1c(cc(-c2cccc4c2oc2ccccc24)c2ccccc12)C3(C)C. The summed E-state index contributed by atoms with van der Waals surface area (Å²) in [6.45, 7) is 9.53. The quantitative estimate of drug-likeness (QED) is 0.181. The Morgan fingerprint density at radius 3 is 1.93 bits per heavy atom. The minimum absolute atomic E-state index is 0.0664. The third-order valence-corrected chi connectivity index (χ3v) is 10.6. The van der Waals surface area contributed by atoms with Gasteiger partial charge in [-0.15, -0.1) is 0 Å². The summed E-state index contributed by atoms with van der Waals surface area (Å²) in [5.74, 6) is 0. The van der Waals surface area contributed by atoms with Gasteiger partial charge in [0, 0.05) is 31.6 Å². The molecule has 2 aliphatic rings. The fourth-order valence-electron chi connectivity index (χ4n) is 7.96. The second-order valence-corrected chi connectivity index (χ2v) is 14.0. The summed E-state index contributed by atoms with van der Waals surface area (Å²) in [6, 6.07) is 38.1. The number of halogens is 1. The van der Waals surface area contributed by atoms with Crippen molar-refractivity contribution >= 4 is 48.6 Å². The molecule has 0 N–H and O–H groups in total. The van der Waals surface area contributed by atoms with E-state index in [1.807, 2.05) is 6.07 Å². The van der Waals surface area contributed by atoms with Crippen molar-refractivity contribution in [1.29, 1.82) is 0 Å². The molecule has 2 heteroatoms. The molecule has 1 heterocycles. The van der Waals surface area contributed by atoms with Crippen molar-refractivity contribution in [2.24, 2.45) is 0 Å². The number of furan rings is 1. The van der Waals surface area contributed by atoms with Crippen LogP contribution in [-0.2, 0) is 10.8 Å². The van der Waals surface area contributed by atoms with E-state index in [1.165, 1.54) is 66.2 Å². The molecular weight excluding hydrogens is 576 g/mol. The normalized spacial score (nSPS) is 15.6. The van der Waals surface area contributed by atoms with E-state index in [9.17, 15) is 0 Å². The van der Waals surface area contributed by atoms with Gasteiger partial charge in [-0.25, -0.2) is 0 Å². The van der Waals surface area contributed by atoms with Gasteiger partial charge in [0.2, 0.25) is 0 Å². The van der Waals surface area contributed by atoms with Gasteiger partial charge in [-0.3, -0.25) is 0 Å². The van der Waals surface area contributed by atoms with Crippen LogP contribution in [0.3, 0.4) is 0 Å². The van der Waals surface area contributed by atoms with E-state index in [1.54, 1.807) is 0 Å². The van der Waals surface area contributed by atoms with Crippen molar-refractivity contribution in [2.75, 3.05) is 0 Å². The first-order chi connectivity index (χ1) is 20.2. The van der Waals surface area contributed by atoms with E-state index >= 15 is 0 Å². The van der Waals surface area contributed by atoms with Gasteiger partial charge in [-0.1, -0.05) is 110 Å². The second kappa shape index (κ2) is 8.02. The molecule has 42 heavy (non-hydrogen) atoms. The highest BCUT2D eigenvalue weighted by atomic mass is 79.9. The first-order valence-electron chi connectivity index (χ1n) is 14.7. The van der Waals surface area contributed by atoms with Crippen LogP contribution in [0.4, 0.5) is 0 Å². The van der Waals surface area contributed by atoms with Gasteiger partial charge in [0.25, 0.3) is 0 Å². The second-order valence-electron chi connectivity index (χ2n) is 13.1. The molecule has 0 fully saturated rings. The molecule has 202 valence electrons. The van der Waals surface area contributed by atoms with Crippen LogP contribution in [-0.4, -0.2) is 0 Å². The third-order valence-electron chi connectivity index (χ3n) is 10.1. The zero-order valence-electron chi connectivity index (χ0n) is 24.1. The van der Waals surface area contributed by atoms with E-state index in [4.69, 9.17) is 4.42 Å². The molecule has 0 bridgehead atoms. The molecule has 0 amide bonds. The van der Waals surface area contributed by atoms with Gasteiger partial charge in [0.15, 0.2) is 0 Å². The summed E-state index contributed by atoms with van der Waals surface area (Å²) in [5, 5.41) is 4.90. The van der Waals surface area contributed by atoms with E-state index in [0.717, 1.165) is 26.6 Å². The van der Waals surface area contributed by atoms with E-state index in [0.29, 0.717) is 0 Å². The average Bonchev–Trinajstić information content (AvgIpc) is 3.56. The highest BCUT2D eigenvalue weighted by Gasteiger charge is 2.42. The molecule has 0 spiro atoms. The number of fused-ring (bicyclic) bond motifs is 11. The standard InChI is InChI=1S/C40H29BrO/c1-39(2)32-18-22(41)16-17-24(32)30-20-34-31(21-33(30)39)37-26-12-6-5-10-23(26)29(19-35(37)40(34,3)4)28-14-9-13-27-25-11-7-8-15-36(25)42-38(27)28/h5-21H,1-4H3. The molecular formula is C40H29BrO. The lowest BCUT2D eigenvalue weighted by molar-refractivity contribution is 0.652. The molecule has 0 saturated heterocycles. The summed E-state index contributed by atoms with van der Waals surface area (Å²) in [7, 11) is 0. The Kier molecular flexibility index (Phi) is 4.67. The topological polar surface area (TPSA) is 13.1 Å². The van der Waals surface area contributed by atoms with Crippen LogP contribution in [0.2, 0.25) is 0 Å². The minimum Gasteiger partial charge on any atom is -0.455 e.